The van der Waals surface area contributed by atoms with E-state index in [0.717, 1.165) is 6.92 Å². The van der Waals surface area contributed by atoms with Crippen LogP contribution in [0.3, 0.4) is 0 Å². The maximum atomic E-state index is 9.00. The summed E-state index contributed by atoms with van der Waals surface area (Å²) in [6.45, 7) is 1.08. The molecule has 0 radical (unpaired) electrons. The topological polar surface area (TPSA) is 169 Å². The van der Waals surface area contributed by atoms with Crippen LogP contribution in [0.4, 0.5) is 4.79 Å². The van der Waals surface area contributed by atoms with Crippen molar-refractivity contribution in [2.24, 2.45) is 0 Å². The SMILES string of the molecule is CC(=O)O.O=C(O)O.O=S(=O)(O)O.[Ca+2].[Ca+2].[Ca+2].[H-].[H-].[H-].[H-].[H-].[H-].[H-].[Na+].[Zn].[Zn]. The molecule has 0 heterocycles. The van der Waals surface area contributed by atoms with Crippen LogP contribution < -0.4 is 29.6 Å². The summed E-state index contributed by atoms with van der Waals surface area (Å²) in [5, 5.41) is 21.4. The Hall–Kier alpha value is 4.64. The van der Waals surface area contributed by atoms with Crippen molar-refractivity contribution >= 4 is 136 Å². The summed E-state index contributed by atoms with van der Waals surface area (Å²) in [6.07, 6.45) is -1.83. The third kappa shape index (κ3) is 449. The molecule has 0 rings (SSSR count). The van der Waals surface area contributed by atoms with Gasteiger partial charge in [0.25, 0.3) is 5.97 Å². The van der Waals surface area contributed by atoms with E-state index in [4.69, 9.17) is 42.4 Å². The third-order valence-corrected chi connectivity index (χ3v) is 0. The van der Waals surface area contributed by atoms with Crippen molar-refractivity contribution in [3.63, 3.8) is 0 Å². The monoisotopic (exact) mass is 498 g/mol. The molecule has 0 amide bonds. The van der Waals surface area contributed by atoms with E-state index < -0.39 is 22.5 Å². The summed E-state index contributed by atoms with van der Waals surface area (Å²) in [5.74, 6) is -0.833. The summed E-state index contributed by atoms with van der Waals surface area (Å²) in [7, 11) is -4.67. The van der Waals surface area contributed by atoms with Crippen molar-refractivity contribution in [2.75, 3.05) is 0 Å². The minimum atomic E-state index is -4.67. The molecule has 0 spiro atoms. The summed E-state index contributed by atoms with van der Waals surface area (Å²) >= 11 is 0. The number of hydrogen-bond acceptors (Lipinski definition) is 4. The smallest absolute Gasteiger partial charge is 1.00 e. The molecule has 98 valence electrons. The van der Waals surface area contributed by atoms with Gasteiger partial charge in [-0.1, -0.05) is 0 Å². The summed E-state index contributed by atoms with van der Waals surface area (Å²) in [6, 6.07) is 0. The second-order valence-corrected chi connectivity index (χ2v) is 2.15. The van der Waals surface area contributed by atoms with Gasteiger partial charge in [-0.3, -0.25) is 13.9 Å². The van der Waals surface area contributed by atoms with Crippen molar-refractivity contribution in [1.82, 2.24) is 0 Å². The molecular formula is C3H15Ca3NaO9SZn2. The van der Waals surface area contributed by atoms with Crippen molar-refractivity contribution in [1.29, 1.82) is 0 Å². The first-order valence-electron chi connectivity index (χ1n) is 2.28. The molecule has 0 aromatic heterocycles. The average molecular weight is 501 g/mol. The first kappa shape index (κ1) is 56.5. The number of hydrogen-bond donors (Lipinski definition) is 5. The molecule has 9 nitrogen and oxygen atoms in total. The van der Waals surface area contributed by atoms with Crippen LogP contribution in [0.25, 0.3) is 0 Å². The van der Waals surface area contributed by atoms with Crippen LogP contribution in [0, 0.1) is 0 Å². The van der Waals surface area contributed by atoms with Gasteiger partial charge >= 0.3 is 159 Å². The average Bonchev–Trinajstić information content (AvgIpc) is 1.50. The van der Waals surface area contributed by atoms with Gasteiger partial charge in [0.15, 0.2) is 0 Å². The Morgan fingerprint density at radius 1 is 0.895 bits per heavy atom. The molecule has 0 aliphatic heterocycles. The molecule has 0 aromatic carbocycles. The predicted octanol–water partition coefficient (Wildman–Crippen LogP) is -3.70. The molecule has 5 N–H and O–H groups in total. The molecule has 0 fully saturated rings. The Labute approximate surface area is 258 Å². The second kappa shape index (κ2) is 38.3. The summed E-state index contributed by atoms with van der Waals surface area (Å²) in [5.41, 5.74) is 0. The van der Waals surface area contributed by atoms with Gasteiger partial charge in [-0.2, -0.15) is 8.42 Å². The number of carboxylic acid groups (broad SMARTS) is 3. The molecule has 0 bridgehead atoms. The first-order valence-corrected chi connectivity index (χ1v) is 3.67. The van der Waals surface area contributed by atoms with Gasteiger partial charge in [-0.15, -0.1) is 0 Å². The van der Waals surface area contributed by atoms with E-state index in [2.05, 4.69) is 0 Å². The normalized spacial score (nSPS) is 5.63. The van der Waals surface area contributed by atoms with E-state index in [9.17, 15) is 0 Å². The quantitative estimate of drug-likeness (QED) is 0.166. The van der Waals surface area contributed by atoms with Gasteiger partial charge in [0.1, 0.15) is 0 Å². The fraction of sp³-hybridized carbons (Fsp3) is 0.333. The Morgan fingerprint density at radius 2 is 0.895 bits per heavy atom. The fourth-order valence-corrected chi connectivity index (χ4v) is 0. The van der Waals surface area contributed by atoms with E-state index in [1.165, 1.54) is 0 Å². The van der Waals surface area contributed by atoms with Gasteiger partial charge in [-0.25, -0.2) is 4.79 Å². The maximum Gasteiger partial charge on any atom is 2.00 e. The van der Waals surface area contributed by atoms with E-state index in [0.29, 0.717) is 0 Å². The largest absolute Gasteiger partial charge is 2.00 e. The number of aliphatic carboxylic acids is 1. The molecular weight excluding hydrogens is 486 g/mol. The summed E-state index contributed by atoms with van der Waals surface area (Å²) in [4.78, 5) is 17.6. The predicted molar refractivity (Wildman–Crippen MR) is 63.2 cm³/mol. The van der Waals surface area contributed by atoms with E-state index in [-0.39, 0.29) is 192 Å². The van der Waals surface area contributed by atoms with Gasteiger partial charge in [-0.05, 0) is 0 Å². The Bertz CT molecular complexity index is 257. The minimum absolute atomic E-state index is 0. The Kier molecular flexibility index (Phi) is 114. The van der Waals surface area contributed by atoms with E-state index in [1.54, 1.807) is 0 Å². The molecule has 0 saturated carbocycles. The van der Waals surface area contributed by atoms with Crippen LogP contribution in [0.1, 0.15) is 16.9 Å². The van der Waals surface area contributed by atoms with Crippen molar-refractivity contribution in [3.05, 3.63) is 0 Å². The zero-order chi connectivity index (χ0) is 11.7. The van der Waals surface area contributed by atoms with Gasteiger partial charge in [0, 0.05) is 45.9 Å². The molecule has 19 heavy (non-hydrogen) atoms. The molecule has 0 atom stereocenters. The van der Waals surface area contributed by atoms with Crippen molar-refractivity contribution in [2.45, 2.75) is 6.92 Å². The minimum Gasteiger partial charge on any atom is -1.00 e. The fourth-order valence-electron chi connectivity index (χ4n) is 0. The van der Waals surface area contributed by atoms with E-state index >= 15 is 0 Å². The third-order valence-electron chi connectivity index (χ3n) is 0. The van der Waals surface area contributed by atoms with Gasteiger partial charge in [0.05, 0.1) is 0 Å². The van der Waals surface area contributed by atoms with Crippen LogP contribution in [0.5, 0.6) is 0 Å². The second-order valence-electron chi connectivity index (χ2n) is 1.25. The zero-order valence-electron chi connectivity index (χ0n) is 17.8. The number of carboxylic acids is 1. The van der Waals surface area contributed by atoms with Gasteiger partial charge < -0.3 is 25.3 Å². The molecule has 16 heteroatoms. The molecule has 0 aliphatic rings. The van der Waals surface area contributed by atoms with E-state index in [1.807, 2.05) is 0 Å². The van der Waals surface area contributed by atoms with Crippen LogP contribution in [-0.4, -0.2) is 158 Å². The Balaban J connectivity index is -0.00000000331. The van der Waals surface area contributed by atoms with Crippen LogP contribution >= 0.6 is 0 Å². The van der Waals surface area contributed by atoms with Crippen molar-refractivity contribution < 1.29 is 121 Å². The standard InChI is InChI=1S/C2H4O2.CH2O3.3Ca.Na.H2O4S.2Zn.7H/c1-2(3)4;2-1(3)4;;;;;1-5(2,3)4;;;;;;;;;/h1H3,(H,3,4);(H2,2,3,4);;;;;(H2,1,2,3,4);;;;;;;;;/q;;3*+2;+1;;;;7*-1. The molecule has 0 aromatic rings. The van der Waals surface area contributed by atoms with Crippen LogP contribution in [0.15, 0.2) is 0 Å². The van der Waals surface area contributed by atoms with Crippen molar-refractivity contribution in [3.8, 4) is 0 Å². The Morgan fingerprint density at radius 3 is 0.895 bits per heavy atom. The van der Waals surface area contributed by atoms with Gasteiger partial charge in [0.2, 0.25) is 0 Å². The first-order chi connectivity index (χ1) is 5.46. The number of carbonyl (C=O) groups is 2. The number of rotatable bonds is 0. The van der Waals surface area contributed by atoms with Crippen LogP contribution in [0.2, 0.25) is 0 Å². The summed E-state index contributed by atoms with van der Waals surface area (Å²) < 4.78 is 31.6. The molecule has 0 aliphatic carbocycles. The molecule has 0 unspecified atom stereocenters. The maximum absolute atomic E-state index is 9.00. The zero-order valence-corrected chi connectivity index (χ0v) is 26.2. The molecule has 0 saturated heterocycles. The van der Waals surface area contributed by atoms with Crippen LogP contribution in [-0.2, 0) is 54.1 Å².